The maximum Gasteiger partial charge on any atom is 0.280 e. The Kier molecular flexibility index (Phi) is 5.63. The summed E-state index contributed by atoms with van der Waals surface area (Å²) in [7, 11) is 0. The number of hydrogen-bond donors (Lipinski definition) is 3. The third kappa shape index (κ3) is 4.60. The maximum atomic E-state index is 12.5. The summed E-state index contributed by atoms with van der Waals surface area (Å²) in [5, 5.41) is 13.3. The lowest BCUT2D eigenvalue weighted by atomic mass is 10.1. The molecule has 4 N–H and O–H groups in total. The first kappa shape index (κ1) is 20.1. The van der Waals surface area contributed by atoms with Gasteiger partial charge in [-0.15, -0.1) is 5.10 Å². The van der Waals surface area contributed by atoms with E-state index in [-0.39, 0.29) is 24.0 Å². The molecule has 0 fully saturated rings. The van der Waals surface area contributed by atoms with Crippen molar-refractivity contribution in [1.29, 1.82) is 0 Å². The highest BCUT2D eigenvalue weighted by Gasteiger charge is 2.19. The molecule has 0 saturated carbocycles. The van der Waals surface area contributed by atoms with Crippen LogP contribution in [0.15, 0.2) is 36.4 Å². The van der Waals surface area contributed by atoms with Crippen molar-refractivity contribution in [2.24, 2.45) is 0 Å². The van der Waals surface area contributed by atoms with Crippen LogP contribution in [0.4, 0.5) is 17.2 Å². The predicted octanol–water partition coefficient (Wildman–Crippen LogP) is 2.98. The molecular weight excluding hydrogens is 368 g/mol. The van der Waals surface area contributed by atoms with E-state index >= 15 is 0 Å². The van der Waals surface area contributed by atoms with E-state index in [1.807, 2.05) is 58.0 Å². The summed E-state index contributed by atoms with van der Waals surface area (Å²) in [6, 6.07) is 11.3. The van der Waals surface area contributed by atoms with Gasteiger partial charge >= 0.3 is 0 Å². The van der Waals surface area contributed by atoms with Gasteiger partial charge in [0.1, 0.15) is 6.54 Å². The lowest BCUT2D eigenvalue weighted by Gasteiger charge is -2.10. The van der Waals surface area contributed by atoms with Crippen LogP contribution in [-0.4, -0.2) is 26.8 Å². The summed E-state index contributed by atoms with van der Waals surface area (Å²) in [5.41, 5.74) is 11.6. The zero-order valence-electron chi connectivity index (χ0n) is 16.9. The lowest BCUT2D eigenvalue weighted by Crippen LogP contribution is -2.21. The van der Waals surface area contributed by atoms with Crippen molar-refractivity contribution < 1.29 is 9.59 Å². The van der Waals surface area contributed by atoms with Crippen molar-refractivity contribution in [3.05, 3.63) is 64.3 Å². The minimum absolute atomic E-state index is 0.0254. The van der Waals surface area contributed by atoms with Crippen LogP contribution in [0.1, 0.15) is 32.7 Å². The third-order valence-corrected chi connectivity index (χ3v) is 4.70. The summed E-state index contributed by atoms with van der Waals surface area (Å²) in [4.78, 5) is 24.8. The fraction of sp³-hybridized carbons (Fsp3) is 0.238. The van der Waals surface area contributed by atoms with Gasteiger partial charge in [-0.05, 0) is 62.6 Å². The molecule has 0 atom stereocenters. The second kappa shape index (κ2) is 8.14. The molecule has 29 heavy (non-hydrogen) atoms. The van der Waals surface area contributed by atoms with Crippen LogP contribution >= 0.6 is 0 Å². The van der Waals surface area contributed by atoms with Gasteiger partial charge in [0.25, 0.3) is 5.91 Å². The van der Waals surface area contributed by atoms with Gasteiger partial charge in [-0.3, -0.25) is 9.59 Å². The summed E-state index contributed by atoms with van der Waals surface area (Å²) < 4.78 is 1.20. The van der Waals surface area contributed by atoms with E-state index in [1.54, 1.807) is 6.07 Å². The number of amides is 2. The van der Waals surface area contributed by atoms with Gasteiger partial charge in [0.2, 0.25) is 5.91 Å². The average molecular weight is 392 g/mol. The number of rotatable bonds is 5. The largest absolute Gasteiger partial charge is 0.382 e. The number of carbonyl (C=O) groups is 2. The molecule has 0 bridgehead atoms. The Hall–Kier alpha value is -3.68. The second-order valence-electron chi connectivity index (χ2n) is 7.10. The predicted molar refractivity (Wildman–Crippen MR) is 113 cm³/mol. The number of hydrogen-bond acceptors (Lipinski definition) is 5. The summed E-state index contributed by atoms with van der Waals surface area (Å²) in [6.45, 7) is 7.71. The fourth-order valence-electron chi connectivity index (χ4n) is 2.89. The lowest BCUT2D eigenvalue weighted by molar-refractivity contribution is -0.116. The van der Waals surface area contributed by atoms with Crippen LogP contribution in [0, 0.1) is 27.7 Å². The van der Waals surface area contributed by atoms with Gasteiger partial charge in [-0.2, -0.15) is 0 Å². The molecule has 150 valence electrons. The highest BCUT2D eigenvalue weighted by molar-refractivity contribution is 6.05. The van der Waals surface area contributed by atoms with E-state index in [0.29, 0.717) is 11.4 Å². The highest BCUT2D eigenvalue weighted by atomic mass is 16.2. The highest BCUT2D eigenvalue weighted by Crippen LogP contribution is 2.18. The van der Waals surface area contributed by atoms with Gasteiger partial charge in [-0.1, -0.05) is 29.0 Å². The van der Waals surface area contributed by atoms with Gasteiger partial charge in [0.15, 0.2) is 11.5 Å². The molecule has 8 nitrogen and oxygen atoms in total. The Morgan fingerprint density at radius 3 is 2.41 bits per heavy atom. The Balaban J connectivity index is 1.68. The van der Waals surface area contributed by atoms with E-state index in [0.717, 1.165) is 22.3 Å². The number of anilines is 3. The molecule has 0 aliphatic rings. The number of nitrogens with two attached hydrogens (primary N) is 1. The Morgan fingerprint density at radius 2 is 1.72 bits per heavy atom. The second-order valence-corrected chi connectivity index (χ2v) is 7.10. The van der Waals surface area contributed by atoms with Crippen molar-refractivity contribution in [2.45, 2.75) is 34.2 Å². The molecule has 1 heterocycles. The van der Waals surface area contributed by atoms with Gasteiger partial charge in [0.05, 0.1) is 0 Å². The zero-order valence-corrected chi connectivity index (χ0v) is 16.9. The van der Waals surface area contributed by atoms with Crippen LogP contribution in [0.3, 0.4) is 0 Å². The Labute approximate surface area is 169 Å². The van der Waals surface area contributed by atoms with E-state index in [4.69, 9.17) is 5.73 Å². The van der Waals surface area contributed by atoms with Crippen LogP contribution in [0.25, 0.3) is 0 Å². The minimum Gasteiger partial charge on any atom is -0.382 e. The molecule has 2 amide bonds. The molecule has 0 aliphatic heterocycles. The molecule has 3 aromatic rings. The number of carbonyl (C=O) groups excluding carboxylic acids is 2. The third-order valence-electron chi connectivity index (χ3n) is 4.70. The number of aryl methyl sites for hydroxylation is 4. The van der Waals surface area contributed by atoms with Crippen molar-refractivity contribution in [3.8, 4) is 0 Å². The van der Waals surface area contributed by atoms with Crippen LogP contribution in [0.2, 0.25) is 0 Å². The first-order valence-electron chi connectivity index (χ1n) is 9.19. The van der Waals surface area contributed by atoms with Gasteiger partial charge < -0.3 is 16.4 Å². The molecule has 0 saturated heterocycles. The standard InChI is InChI=1S/C21H24N6O2/c1-12-5-8-17(15(4)9-12)24-18(28)11-27-20(22)19(25-26-27)21(29)23-16-7-6-13(2)14(3)10-16/h5-10H,11,22H2,1-4H3,(H,23,29)(H,24,28). The van der Waals surface area contributed by atoms with Gasteiger partial charge in [-0.25, -0.2) is 4.68 Å². The molecule has 0 aliphatic carbocycles. The molecule has 0 radical (unpaired) electrons. The molecule has 2 aromatic carbocycles. The SMILES string of the molecule is Cc1ccc(NC(=O)Cn2nnc(C(=O)Nc3ccc(C)c(C)c3)c2N)c(C)c1. The van der Waals surface area contributed by atoms with Crippen LogP contribution in [-0.2, 0) is 11.3 Å². The fourth-order valence-corrected chi connectivity index (χ4v) is 2.89. The molecule has 0 unspecified atom stereocenters. The molecule has 0 spiro atoms. The smallest absolute Gasteiger partial charge is 0.280 e. The van der Waals surface area contributed by atoms with Crippen LogP contribution < -0.4 is 16.4 Å². The van der Waals surface area contributed by atoms with Crippen molar-refractivity contribution in [2.75, 3.05) is 16.4 Å². The topological polar surface area (TPSA) is 115 Å². The Morgan fingerprint density at radius 1 is 0.966 bits per heavy atom. The Bertz CT molecular complexity index is 1090. The van der Waals surface area contributed by atoms with E-state index in [2.05, 4.69) is 20.9 Å². The zero-order chi connectivity index (χ0) is 21.1. The van der Waals surface area contributed by atoms with Crippen LogP contribution in [0.5, 0.6) is 0 Å². The minimum atomic E-state index is -0.480. The van der Waals surface area contributed by atoms with Crippen molar-refractivity contribution in [3.63, 3.8) is 0 Å². The quantitative estimate of drug-likeness (QED) is 0.617. The molecular formula is C21H24N6O2. The van der Waals surface area contributed by atoms with Gasteiger partial charge in [0, 0.05) is 11.4 Å². The maximum absolute atomic E-state index is 12.5. The number of benzene rings is 2. The van der Waals surface area contributed by atoms with E-state index < -0.39 is 5.91 Å². The number of nitrogen functional groups attached to an aromatic ring is 1. The van der Waals surface area contributed by atoms with Crippen molar-refractivity contribution >= 4 is 29.0 Å². The average Bonchev–Trinajstić information content (AvgIpc) is 3.01. The monoisotopic (exact) mass is 392 g/mol. The summed E-state index contributed by atoms with van der Waals surface area (Å²) >= 11 is 0. The number of aromatic nitrogens is 3. The van der Waals surface area contributed by atoms with E-state index in [1.165, 1.54) is 4.68 Å². The van der Waals surface area contributed by atoms with Crippen molar-refractivity contribution in [1.82, 2.24) is 15.0 Å². The van der Waals surface area contributed by atoms with E-state index in [9.17, 15) is 9.59 Å². The number of nitrogens with zero attached hydrogens (tertiary/aromatic N) is 3. The summed E-state index contributed by atoms with van der Waals surface area (Å²) in [6.07, 6.45) is 0. The summed E-state index contributed by atoms with van der Waals surface area (Å²) in [5.74, 6) is -0.761. The molecule has 3 rings (SSSR count). The molecule has 8 heteroatoms. The first-order chi connectivity index (χ1) is 13.7. The first-order valence-corrected chi connectivity index (χ1v) is 9.19. The molecule has 1 aromatic heterocycles. The number of nitrogens with one attached hydrogen (secondary N) is 2. The normalized spacial score (nSPS) is 10.6.